The van der Waals surface area contributed by atoms with E-state index in [2.05, 4.69) is 35.6 Å². The Morgan fingerprint density at radius 1 is 1.29 bits per heavy atom. The van der Waals surface area contributed by atoms with Crippen LogP contribution in [-0.2, 0) is 4.74 Å². The summed E-state index contributed by atoms with van der Waals surface area (Å²) in [6.45, 7) is 7.98. The van der Waals surface area contributed by atoms with Crippen molar-refractivity contribution in [2.75, 3.05) is 19.1 Å². The fourth-order valence-corrected chi connectivity index (χ4v) is 2.27. The molecule has 0 radical (unpaired) electrons. The predicted molar refractivity (Wildman–Crippen MR) is 78.2 cm³/mol. The standard InChI is InChI=1S/C12H20BrNO2Si/c1-17(2,3)7-6-15-9-16-12-8-10(13)4-5-11(12)14/h4-5,8H,6-7,9,14H2,1-3H3. The third kappa shape index (κ3) is 6.09. The second-order valence-corrected chi connectivity index (χ2v) is 11.7. The molecule has 0 bridgehead atoms. The zero-order chi connectivity index (χ0) is 12.9. The van der Waals surface area contributed by atoms with Crippen LogP contribution in [0.4, 0.5) is 5.69 Å². The maximum atomic E-state index is 5.78. The second-order valence-electron chi connectivity index (χ2n) is 5.16. The zero-order valence-corrected chi connectivity index (χ0v) is 13.2. The van der Waals surface area contributed by atoms with Crippen LogP contribution >= 0.6 is 15.9 Å². The quantitative estimate of drug-likeness (QED) is 0.376. The minimum absolute atomic E-state index is 0.255. The van der Waals surface area contributed by atoms with Crippen LogP contribution < -0.4 is 10.5 Å². The van der Waals surface area contributed by atoms with E-state index < -0.39 is 8.07 Å². The monoisotopic (exact) mass is 317 g/mol. The molecule has 0 atom stereocenters. The molecule has 3 nitrogen and oxygen atoms in total. The van der Waals surface area contributed by atoms with E-state index in [0.29, 0.717) is 11.4 Å². The summed E-state index contributed by atoms with van der Waals surface area (Å²) in [6, 6.07) is 6.68. The van der Waals surface area contributed by atoms with E-state index in [1.54, 1.807) is 0 Å². The molecule has 1 rings (SSSR count). The lowest BCUT2D eigenvalue weighted by molar-refractivity contribution is 0.0225. The zero-order valence-electron chi connectivity index (χ0n) is 10.6. The Labute approximate surface area is 112 Å². The summed E-state index contributed by atoms with van der Waals surface area (Å²) in [5, 5.41) is 0. The fraction of sp³-hybridized carbons (Fsp3) is 0.500. The molecule has 5 heteroatoms. The number of benzene rings is 1. The first-order chi connectivity index (χ1) is 7.88. The molecule has 0 aromatic heterocycles. The molecule has 96 valence electrons. The van der Waals surface area contributed by atoms with Gasteiger partial charge in [-0.1, -0.05) is 35.6 Å². The molecule has 2 N–H and O–H groups in total. The van der Waals surface area contributed by atoms with Crippen molar-refractivity contribution in [3.05, 3.63) is 22.7 Å². The first-order valence-corrected chi connectivity index (χ1v) is 10.1. The number of nitrogens with two attached hydrogens (primary N) is 1. The van der Waals surface area contributed by atoms with E-state index in [1.807, 2.05) is 18.2 Å². The average molecular weight is 318 g/mol. The first-order valence-electron chi connectivity index (χ1n) is 5.64. The van der Waals surface area contributed by atoms with Gasteiger partial charge in [-0.05, 0) is 24.2 Å². The normalized spacial score (nSPS) is 11.5. The molecule has 1 aromatic rings. The van der Waals surface area contributed by atoms with Crippen LogP contribution in [0.2, 0.25) is 25.7 Å². The van der Waals surface area contributed by atoms with Crippen molar-refractivity contribution in [3.63, 3.8) is 0 Å². The topological polar surface area (TPSA) is 44.5 Å². The van der Waals surface area contributed by atoms with Gasteiger partial charge < -0.3 is 15.2 Å². The van der Waals surface area contributed by atoms with E-state index in [4.69, 9.17) is 15.2 Å². The summed E-state index contributed by atoms with van der Waals surface area (Å²) in [7, 11) is -1.02. The molecule has 0 unspecified atom stereocenters. The molecule has 0 heterocycles. The lowest BCUT2D eigenvalue weighted by Crippen LogP contribution is -2.22. The molecular formula is C12H20BrNO2Si. The van der Waals surface area contributed by atoms with E-state index in [9.17, 15) is 0 Å². The van der Waals surface area contributed by atoms with Gasteiger partial charge in [0.1, 0.15) is 5.75 Å². The summed E-state index contributed by atoms with van der Waals surface area (Å²) in [4.78, 5) is 0. The van der Waals surface area contributed by atoms with Gasteiger partial charge >= 0.3 is 0 Å². The maximum absolute atomic E-state index is 5.78. The fourth-order valence-electron chi connectivity index (χ4n) is 1.18. The molecular weight excluding hydrogens is 298 g/mol. The molecule has 0 aliphatic carbocycles. The Morgan fingerprint density at radius 3 is 2.65 bits per heavy atom. The molecule has 0 aliphatic rings. The van der Waals surface area contributed by atoms with Crippen molar-refractivity contribution in [2.24, 2.45) is 0 Å². The summed E-state index contributed by atoms with van der Waals surface area (Å²) in [6.07, 6.45) is 0. The van der Waals surface area contributed by atoms with Crippen molar-refractivity contribution >= 4 is 29.7 Å². The van der Waals surface area contributed by atoms with Crippen LogP contribution in [0.3, 0.4) is 0 Å². The molecule has 0 aliphatic heterocycles. The Morgan fingerprint density at radius 2 is 2.00 bits per heavy atom. The smallest absolute Gasteiger partial charge is 0.189 e. The summed E-state index contributed by atoms with van der Waals surface area (Å²) in [5.41, 5.74) is 6.41. The third-order valence-corrected chi connectivity index (χ3v) is 4.47. The molecule has 1 aromatic carbocycles. The van der Waals surface area contributed by atoms with Gasteiger partial charge in [0, 0.05) is 19.2 Å². The van der Waals surface area contributed by atoms with Crippen molar-refractivity contribution < 1.29 is 9.47 Å². The lowest BCUT2D eigenvalue weighted by Gasteiger charge is -2.15. The summed E-state index contributed by atoms with van der Waals surface area (Å²) < 4.78 is 11.9. The Kier molecular flexibility index (Phi) is 5.49. The van der Waals surface area contributed by atoms with Gasteiger partial charge in [-0.15, -0.1) is 0 Å². The molecule has 17 heavy (non-hydrogen) atoms. The highest BCUT2D eigenvalue weighted by Crippen LogP contribution is 2.25. The molecule has 0 spiro atoms. The van der Waals surface area contributed by atoms with Gasteiger partial charge in [0.25, 0.3) is 0 Å². The van der Waals surface area contributed by atoms with Crippen molar-refractivity contribution in [1.82, 2.24) is 0 Å². The van der Waals surface area contributed by atoms with Gasteiger partial charge in [0.2, 0.25) is 0 Å². The Bertz CT molecular complexity index is 366. The van der Waals surface area contributed by atoms with E-state index >= 15 is 0 Å². The number of anilines is 1. The number of ether oxygens (including phenoxy) is 2. The summed E-state index contributed by atoms with van der Waals surface area (Å²) >= 11 is 3.37. The highest BCUT2D eigenvalue weighted by atomic mass is 79.9. The Balaban J connectivity index is 2.29. The predicted octanol–water partition coefficient (Wildman–Crippen LogP) is 3.72. The van der Waals surface area contributed by atoms with Crippen LogP contribution in [0.5, 0.6) is 5.75 Å². The van der Waals surface area contributed by atoms with Gasteiger partial charge in [-0.25, -0.2) is 0 Å². The van der Waals surface area contributed by atoms with Gasteiger partial charge in [0.05, 0.1) is 5.69 Å². The second kappa shape index (κ2) is 6.42. The third-order valence-electron chi connectivity index (χ3n) is 2.27. The minimum atomic E-state index is -1.02. The van der Waals surface area contributed by atoms with E-state index in [0.717, 1.165) is 17.1 Å². The average Bonchev–Trinajstić information content (AvgIpc) is 2.21. The molecule has 0 fully saturated rings. The van der Waals surface area contributed by atoms with Crippen LogP contribution in [-0.4, -0.2) is 21.5 Å². The SMILES string of the molecule is C[Si](C)(C)CCOCOc1cc(Br)ccc1N. The van der Waals surface area contributed by atoms with E-state index in [-0.39, 0.29) is 6.79 Å². The lowest BCUT2D eigenvalue weighted by atomic mass is 10.3. The van der Waals surface area contributed by atoms with Gasteiger partial charge in [0.15, 0.2) is 6.79 Å². The summed E-state index contributed by atoms with van der Waals surface area (Å²) in [5.74, 6) is 0.660. The molecule has 0 amide bonds. The number of halogens is 1. The van der Waals surface area contributed by atoms with Gasteiger partial charge in [-0.3, -0.25) is 0 Å². The van der Waals surface area contributed by atoms with Gasteiger partial charge in [-0.2, -0.15) is 0 Å². The highest BCUT2D eigenvalue weighted by Gasteiger charge is 2.12. The Hall–Kier alpha value is -0.523. The number of nitrogen functional groups attached to an aromatic ring is 1. The van der Waals surface area contributed by atoms with E-state index in [1.165, 1.54) is 0 Å². The van der Waals surface area contributed by atoms with Crippen molar-refractivity contribution in [1.29, 1.82) is 0 Å². The number of hydrogen-bond acceptors (Lipinski definition) is 3. The molecule has 0 saturated heterocycles. The van der Waals surface area contributed by atoms with Crippen LogP contribution in [0.1, 0.15) is 0 Å². The maximum Gasteiger partial charge on any atom is 0.189 e. The first kappa shape index (κ1) is 14.5. The number of rotatable bonds is 6. The minimum Gasteiger partial charge on any atom is -0.465 e. The van der Waals surface area contributed by atoms with Crippen LogP contribution in [0, 0.1) is 0 Å². The highest BCUT2D eigenvalue weighted by molar-refractivity contribution is 9.10. The largest absolute Gasteiger partial charge is 0.465 e. The van der Waals surface area contributed by atoms with Crippen LogP contribution in [0.25, 0.3) is 0 Å². The van der Waals surface area contributed by atoms with Crippen molar-refractivity contribution in [2.45, 2.75) is 25.7 Å². The number of hydrogen-bond donors (Lipinski definition) is 1. The molecule has 0 saturated carbocycles. The van der Waals surface area contributed by atoms with Crippen LogP contribution in [0.15, 0.2) is 22.7 Å². The van der Waals surface area contributed by atoms with Crippen molar-refractivity contribution in [3.8, 4) is 5.75 Å².